The summed E-state index contributed by atoms with van der Waals surface area (Å²) in [6.45, 7) is 7.92. The van der Waals surface area contributed by atoms with E-state index in [2.05, 4.69) is 60.8 Å². The number of ketones is 2. The molecule has 0 bridgehead atoms. The summed E-state index contributed by atoms with van der Waals surface area (Å²) in [5.74, 6) is 0.275. The molecule has 1 amide bonds. The van der Waals surface area contributed by atoms with Crippen molar-refractivity contribution in [2.75, 3.05) is 0 Å². The first kappa shape index (κ1) is 24.0. The number of ether oxygens (including phenoxy) is 1. The van der Waals surface area contributed by atoms with Crippen LogP contribution in [0.3, 0.4) is 0 Å². The van der Waals surface area contributed by atoms with Gasteiger partial charge in [-0.25, -0.2) is 4.98 Å². The number of amides is 1. The number of hydrogen-bond donors (Lipinski definition) is 0. The van der Waals surface area contributed by atoms with Gasteiger partial charge in [-0.15, -0.1) is 0 Å². The number of aromatic nitrogens is 2. The van der Waals surface area contributed by atoms with Gasteiger partial charge in [0.05, 0.1) is 31.0 Å². The highest BCUT2D eigenvalue weighted by molar-refractivity contribution is 6.07. The molecule has 36 heavy (non-hydrogen) atoms. The van der Waals surface area contributed by atoms with Crippen LogP contribution in [0.1, 0.15) is 72.8 Å². The molecular weight excluding hydrogens is 454 g/mol. The van der Waals surface area contributed by atoms with E-state index in [1.165, 1.54) is 5.56 Å². The number of rotatable bonds is 6. The van der Waals surface area contributed by atoms with Gasteiger partial charge < -0.3 is 14.2 Å². The summed E-state index contributed by atoms with van der Waals surface area (Å²) >= 11 is 0. The maximum absolute atomic E-state index is 13.0. The lowest BCUT2D eigenvalue weighted by molar-refractivity contribution is -0.133. The second-order valence-corrected chi connectivity index (χ2v) is 10.7. The first-order chi connectivity index (χ1) is 17.2. The van der Waals surface area contributed by atoms with Gasteiger partial charge in [0.1, 0.15) is 18.1 Å². The molecule has 1 aliphatic carbocycles. The molecule has 0 spiro atoms. The van der Waals surface area contributed by atoms with Gasteiger partial charge in [-0.05, 0) is 29.7 Å². The largest absolute Gasteiger partial charge is 0.489 e. The van der Waals surface area contributed by atoms with Crippen LogP contribution in [-0.4, -0.2) is 38.0 Å². The van der Waals surface area contributed by atoms with E-state index in [4.69, 9.17) is 4.74 Å². The normalized spacial score (nSPS) is 18.0. The number of nitrogens with zero attached hydrogens (tertiary/aromatic N) is 3. The molecule has 7 heteroatoms. The fraction of sp³-hybridized carbons (Fsp3) is 0.379. The van der Waals surface area contributed by atoms with Gasteiger partial charge in [0.15, 0.2) is 5.78 Å². The Morgan fingerprint density at radius 2 is 1.78 bits per heavy atom. The van der Waals surface area contributed by atoms with Gasteiger partial charge in [0.2, 0.25) is 0 Å². The zero-order chi connectivity index (χ0) is 25.4. The van der Waals surface area contributed by atoms with E-state index in [1.54, 1.807) is 11.0 Å². The van der Waals surface area contributed by atoms with Crippen LogP contribution >= 0.6 is 0 Å². The molecule has 0 N–H and O–H groups in total. The van der Waals surface area contributed by atoms with Gasteiger partial charge in [-0.1, -0.05) is 51.1 Å². The Balaban J connectivity index is 1.23. The van der Waals surface area contributed by atoms with Gasteiger partial charge in [-0.2, -0.15) is 0 Å². The highest BCUT2D eigenvalue weighted by Gasteiger charge is 2.39. The van der Waals surface area contributed by atoms with Crippen molar-refractivity contribution in [1.29, 1.82) is 0 Å². The predicted molar refractivity (Wildman–Crippen MR) is 135 cm³/mol. The summed E-state index contributed by atoms with van der Waals surface area (Å²) in [5.41, 5.74) is 4.67. The molecule has 1 aromatic heterocycles. The predicted octanol–water partition coefficient (Wildman–Crippen LogP) is 4.45. The van der Waals surface area contributed by atoms with Crippen molar-refractivity contribution >= 4 is 17.5 Å². The quantitative estimate of drug-likeness (QED) is 0.482. The molecule has 1 fully saturated rings. The number of carbonyl (C=O) groups excluding carboxylic acids is 3. The molecule has 1 saturated carbocycles. The SMILES string of the molecule is CC(C)(C)c1cn(Cc2ccc(COc3cccc4c3CN(C3CCC(=O)CC3=O)C4=O)cc2)cn1. The highest BCUT2D eigenvalue weighted by Crippen LogP contribution is 2.34. The van der Waals surface area contributed by atoms with Crippen LogP contribution in [0.4, 0.5) is 0 Å². The lowest BCUT2D eigenvalue weighted by atomic mass is 9.92. The number of hydrogen-bond acceptors (Lipinski definition) is 5. The molecule has 7 nitrogen and oxygen atoms in total. The van der Waals surface area contributed by atoms with Crippen LogP contribution < -0.4 is 4.74 Å². The van der Waals surface area contributed by atoms with E-state index in [0.29, 0.717) is 37.3 Å². The number of fused-ring (bicyclic) bond motifs is 1. The second kappa shape index (κ2) is 9.37. The zero-order valence-electron chi connectivity index (χ0n) is 21.0. The average Bonchev–Trinajstić information content (AvgIpc) is 3.44. The minimum atomic E-state index is -0.530. The van der Waals surface area contributed by atoms with Gasteiger partial charge in [-0.3, -0.25) is 14.4 Å². The van der Waals surface area contributed by atoms with E-state index < -0.39 is 6.04 Å². The van der Waals surface area contributed by atoms with Crippen molar-refractivity contribution < 1.29 is 19.1 Å². The molecule has 1 unspecified atom stereocenters. The smallest absolute Gasteiger partial charge is 0.255 e. The monoisotopic (exact) mass is 485 g/mol. The molecule has 1 atom stereocenters. The third-order valence-corrected chi connectivity index (χ3v) is 6.95. The first-order valence-corrected chi connectivity index (χ1v) is 12.4. The fourth-order valence-electron chi connectivity index (χ4n) is 4.85. The Morgan fingerprint density at radius 1 is 1.03 bits per heavy atom. The van der Waals surface area contributed by atoms with Gasteiger partial charge >= 0.3 is 0 Å². The molecule has 2 heterocycles. The molecule has 186 valence electrons. The Morgan fingerprint density at radius 3 is 2.47 bits per heavy atom. The molecule has 5 rings (SSSR count). The Bertz CT molecular complexity index is 1320. The van der Waals surface area contributed by atoms with Crippen molar-refractivity contribution in [2.24, 2.45) is 0 Å². The third-order valence-electron chi connectivity index (χ3n) is 6.95. The molecule has 1 aliphatic heterocycles. The summed E-state index contributed by atoms with van der Waals surface area (Å²) in [5, 5.41) is 0. The van der Waals surface area contributed by atoms with Crippen LogP contribution in [0.25, 0.3) is 0 Å². The standard InChI is InChI=1S/C29H31N3O4/c1-29(2,3)27-16-31(18-30-27)14-19-7-9-20(10-8-19)17-36-26-6-4-5-22-23(26)15-32(28(22)35)24-12-11-21(33)13-25(24)34/h4-10,16,18,24H,11-15,17H2,1-3H3. The number of benzene rings is 2. The van der Waals surface area contributed by atoms with Crippen LogP contribution in [0.15, 0.2) is 55.0 Å². The number of Topliss-reactive ketones (excluding diaryl/α,β-unsaturated/α-hetero) is 2. The van der Waals surface area contributed by atoms with Crippen LogP contribution in [0, 0.1) is 0 Å². The van der Waals surface area contributed by atoms with Gasteiger partial charge in [0, 0.05) is 35.7 Å². The van der Waals surface area contributed by atoms with E-state index in [-0.39, 0.29) is 29.3 Å². The van der Waals surface area contributed by atoms with Crippen LogP contribution in [-0.2, 0) is 34.7 Å². The second-order valence-electron chi connectivity index (χ2n) is 10.7. The van der Waals surface area contributed by atoms with Crippen LogP contribution in [0.2, 0.25) is 0 Å². The Labute approximate surface area is 211 Å². The lowest BCUT2D eigenvalue weighted by Gasteiger charge is -2.29. The summed E-state index contributed by atoms with van der Waals surface area (Å²) in [6, 6.07) is 13.2. The van der Waals surface area contributed by atoms with Crippen molar-refractivity contribution in [3.63, 3.8) is 0 Å². The van der Waals surface area contributed by atoms with Crippen molar-refractivity contribution in [3.05, 3.63) is 82.9 Å². The number of carbonyl (C=O) groups is 3. The van der Waals surface area contributed by atoms with Crippen LogP contribution in [0.5, 0.6) is 5.75 Å². The minimum Gasteiger partial charge on any atom is -0.489 e. The maximum atomic E-state index is 13.0. The van der Waals surface area contributed by atoms with Gasteiger partial charge in [0.25, 0.3) is 5.91 Å². The molecule has 0 saturated heterocycles. The van der Waals surface area contributed by atoms with Crippen molar-refractivity contribution in [2.45, 2.75) is 71.2 Å². The molecule has 2 aliphatic rings. The maximum Gasteiger partial charge on any atom is 0.255 e. The van der Waals surface area contributed by atoms with Crippen molar-refractivity contribution in [1.82, 2.24) is 14.5 Å². The average molecular weight is 486 g/mol. The minimum absolute atomic E-state index is 0.0245. The Kier molecular flexibility index (Phi) is 6.24. The van der Waals surface area contributed by atoms with Crippen molar-refractivity contribution in [3.8, 4) is 5.75 Å². The molecule has 2 aromatic carbocycles. The zero-order valence-corrected chi connectivity index (χ0v) is 21.0. The highest BCUT2D eigenvalue weighted by atomic mass is 16.5. The molecule has 0 radical (unpaired) electrons. The number of imidazole rings is 1. The fourth-order valence-corrected chi connectivity index (χ4v) is 4.85. The summed E-state index contributed by atoms with van der Waals surface area (Å²) in [6.07, 6.45) is 4.63. The lowest BCUT2D eigenvalue weighted by Crippen LogP contribution is -2.44. The summed E-state index contributed by atoms with van der Waals surface area (Å²) < 4.78 is 8.22. The Hall–Kier alpha value is -3.74. The van der Waals surface area contributed by atoms with E-state index in [0.717, 1.165) is 23.4 Å². The summed E-state index contributed by atoms with van der Waals surface area (Å²) in [4.78, 5) is 43.2. The topological polar surface area (TPSA) is 81.5 Å². The molecule has 3 aromatic rings. The molecular formula is C29H31N3O4. The van der Waals surface area contributed by atoms with E-state index in [1.807, 2.05) is 18.5 Å². The summed E-state index contributed by atoms with van der Waals surface area (Å²) in [7, 11) is 0. The van der Waals surface area contributed by atoms with E-state index >= 15 is 0 Å². The first-order valence-electron chi connectivity index (χ1n) is 12.4. The van der Waals surface area contributed by atoms with E-state index in [9.17, 15) is 14.4 Å². The third kappa shape index (κ3) is 4.83.